The van der Waals surface area contributed by atoms with Crippen molar-refractivity contribution >= 4 is 34.6 Å². The summed E-state index contributed by atoms with van der Waals surface area (Å²) in [5.41, 5.74) is 8.50. The number of nitrogens with zero attached hydrogens (tertiary/aromatic N) is 4. The van der Waals surface area contributed by atoms with Crippen LogP contribution in [0.4, 0.5) is 11.4 Å². The molecule has 2 unspecified atom stereocenters. The van der Waals surface area contributed by atoms with Crippen LogP contribution in [0, 0.1) is 20.8 Å². The smallest absolute Gasteiger partial charge is 0.226 e. The van der Waals surface area contributed by atoms with Gasteiger partial charge in [0.1, 0.15) is 0 Å². The molecule has 3 heterocycles. The Morgan fingerprint density at radius 2 is 1.75 bits per heavy atom. The molecule has 1 aliphatic rings. The van der Waals surface area contributed by atoms with Crippen molar-refractivity contribution in [1.29, 1.82) is 0 Å². The zero-order valence-corrected chi connectivity index (χ0v) is 24.5. The van der Waals surface area contributed by atoms with Crippen LogP contribution in [0.25, 0.3) is 5.69 Å². The molecule has 0 saturated carbocycles. The van der Waals surface area contributed by atoms with Gasteiger partial charge in [-0.25, -0.2) is 0 Å². The second-order valence-electron chi connectivity index (χ2n) is 10.5. The average Bonchev–Trinajstić information content (AvgIpc) is 3.43. The molecule has 1 aliphatic heterocycles. The van der Waals surface area contributed by atoms with Gasteiger partial charge in [0, 0.05) is 61.7 Å². The van der Waals surface area contributed by atoms with Crippen molar-refractivity contribution < 1.29 is 4.79 Å². The summed E-state index contributed by atoms with van der Waals surface area (Å²) in [4.78, 5) is 21.9. The number of aryl methyl sites for hydroxylation is 2. The van der Waals surface area contributed by atoms with Gasteiger partial charge in [0.2, 0.25) is 5.91 Å². The molecule has 1 saturated heterocycles. The predicted molar refractivity (Wildman–Crippen MR) is 166 cm³/mol. The number of nitrogens with one attached hydrogen (secondary N) is 2. The molecule has 2 aromatic heterocycles. The van der Waals surface area contributed by atoms with Gasteiger partial charge in [-0.2, -0.15) is 0 Å². The van der Waals surface area contributed by atoms with Gasteiger partial charge in [-0.05, 0) is 92.6 Å². The fraction of sp³-hybridized carbons (Fsp3) is 0.281. The minimum absolute atomic E-state index is 0.0383. The van der Waals surface area contributed by atoms with E-state index in [2.05, 4.69) is 74.2 Å². The molecule has 2 atom stereocenters. The summed E-state index contributed by atoms with van der Waals surface area (Å²) < 4.78 is 2.29. The van der Waals surface area contributed by atoms with Crippen molar-refractivity contribution in [3.63, 3.8) is 0 Å². The molecule has 40 heavy (non-hydrogen) atoms. The first-order valence-electron chi connectivity index (χ1n) is 13.5. The molecule has 4 aromatic rings. The van der Waals surface area contributed by atoms with Gasteiger partial charge in [0.15, 0.2) is 5.11 Å². The number of amides is 1. The third-order valence-electron chi connectivity index (χ3n) is 7.61. The molecule has 0 spiro atoms. The van der Waals surface area contributed by atoms with Crippen molar-refractivity contribution in [2.75, 3.05) is 30.9 Å². The number of hydrogen-bond acceptors (Lipinski definition) is 4. The standard InChI is InChI=1S/C32H36N6OS/c1-21-10-6-7-11-27(21)34-29(39)17-19-37-31(30(35-32(37)40)28-12-8-9-18-33-28)26-20-22(2)38(23(26)3)25-15-13-24(14-16-25)36(4)5/h6-16,18,20,30-31H,17,19H2,1-5H3,(H,34,39)(H,35,40). The highest BCUT2D eigenvalue weighted by Crippen LogP contribution is 2.41. The zero-order chi connectivity index (χ0) is 28.4. The molecule has 0 aliphatic carbocycles. The SMILES string of the molecule is Cc1ccccc1NC(=O)CCN1C(=S)NC(c2ccccn2)C1c1cc(C)n(-c2ccc(N(C)C)cc2)c1C. The van der Waals surface area contributed by atoms with Crippen LogP contribution in [0.15, 0.2) is 79.0 Å². The third kappa shape index (κ3) is 5.45. The van der Waals surface area contributed by atoms with Crippen molar-refractivity contribution in [3.05, 3.63) is 107 Å². The molecule has 1 amide bonds. The Morgan fingerprint density at radius 1 is 1.02 bits per heavy atom. The quantitative estimate of drug-likeness (QED) is 0.267. The second kappa shape index (κ2) is 11.5. The van der Waals surface area contributed by atoms with E-state index in [1.54, 1.807) is 0 Å². The van der Waals surface area contributed by atoms with Crippen LogP contribution in [0.3, 0.4) is 0 Å². The molecule has 2 N–H and O–H groups in total. The number of anilines is 2. The molecule has 7 nitrogen and oxygen atoms in total. The Hall–Kier alpha value is -4.17. The molecule has 1 fully saturated rings. The molecular formula is C32H36N6OS. The Morgan fingerprint density at radius 3 is 2.42 bits per heavy atom. The summed E-state index contributed by atoms with van der Waals surface area (Å²) in [5, 5.41) is 7.20. The molecule has 2 aromatic carbocycles. The molecule has 0 bridgehead atoms. The average molecular weight is 553 g/mol. The zero-order valence-electron chi connectivity index (χ0n) is 23.7. The van der Waals surface area contributed by atoms with Gasteiger partial charge in [-0.1, -0.05) is 24.3 Å². The number of thiocarbonyl (C=S) groups is 1. The van der Waals surface area contributed by atoms with Crippen LogP contribution in [0.2, 0.25) is 0 Å². The molecule has 0 radical (unpaired) electrons. The Balaban J connectivity index is 1.47. The van der Waals surface area contributed by atoms with Crippen LogP contribution in [0.5, 0.6) is 0 Å². The highest BCUT2D eigenvalue weighted by Gasteiger charge is 2.41. The predicted octanol–water partition coefficient (Wildman–Crippen LogP) is 5.86. The number of para-hydroxylation sites is 1. The Bertz CT molecular complexity index is 1510. The third-order valence-corrected chi connectivity index (χ3v) is 7.96. The number of benzene rings is 2. The minimum Gasteiger partial charge on any atom is -0.378 e. The van der Waals surface area contributed by atoms with E-state index < -0.39 is 0 Å². The van der Waals surface area contributed by atoms with Gasteiger partial charge in [0.25, 0.3) is 0 Å². The van der Waals surface area contributed by atoms with Crippen LogP contribution < -0.4 is 15.5 Å². The van der Waals surface area contributed by atoms with Gasteiger partial charge in [-0.3, -0.25) is 9.78 Å². The number of rotatable bonds is 8. The van der Waals surface area contributed by atoms with Crippen molar-refractivity contribution in [2.24, 2.45) is 0 Å². The maximum Gasteiger partial charge on any atom is 0.226 e. The first-order valence-corrected chi connectivity index (χ1v) is 14.0. The lowest BCUT2D eigenvalue weighted by molar-refractivity contribution is -0.116. The van der Waals surface area contributed by atoms with Crippen LogP contribution >= 0.6 is 12.2 Å². The van der Waals surface area contributed by atoms with E-state index in [1.165, 1.54) is 0 Å². The number of carbonyl (C=O) groups is 1. The topological polar surface area (TPSA) is 65.4 Å². The summed E-state index contributed by atoms with van der Waals surface area (Å²) in [6.07, 6.45) is 2.12. The maximum absolute atomic E-state index is 13.0. The first-order chi connectivity index (χ1) is 19.2. The molecule has 5 rings (SSSR count). The Labute approximate surface area is 241 Å². The highest BCUT2D eigenvalue weighted by atomic mass is 32.1. The number of aromatic nitrogens is 2. The lowest BCUT2D eigenvalue weighted by Crippen LogP contribution is -2.33. The number of pyridine rings is 1. The summed E-state index contributed by atoms with van der Waals surface area (Å²) in [7, 11) is 4.09. The monoisotopic (exact) mass is 552 g/mol. The van der Waals surface area contributed by atoms with Gasteiger partial charge in [0.05, 0.1) is 17.8 Å². The lowest BCUT2D eigenvalue weighted by Gasteiger charge is -2.28. The van der Waals surface area contributed by atoms with Gasteiger partial charge >= 0.3 is 0 Å². The first kappa shape index (κ1) is 27.4. The van der Waals surface area contributed by atoms with E-state index in [0.29, 0.717) is 18.1 Å². The second-order valence-corrected chi connectivity index (χ2v) is 10.9. The Kier molecular flexibility index (Phi) is 7.89. The van der Waals surface area contributed by atoms with E-state index in [0.717, 1.165) is 45.3 Å². The lowest BCUT2D eigenvalue weighted by atomic mass is 9.96. The van der Waals surface area contributed by atoms with E-state index >= 15 is 0 Å². The van der Waals surface area contributed by atoms with E-state index in [1.807, 2.05) is 69.7 Å². The fourth-order valence-electron chi connectivity index (χ4n) is 5.52. The van der Waals surface area contributed by atoms with Gasteiger partial charge in [-0.15, -0.1) is 0 Å². The number of carbonyl (C=O) groups excluding carboxylic acids is 1. The largest absolute Gasteiger partial charge is 0.378 e. The molecule has 8 heteroatoms. The molecule has 206 valence electrons. The van der Waals surface area contributed by atoms with E-state index in [-0.39, 0.29) is 18.0 Å². The summed E-state index contributed by atoms with van der Waals surface area (Å²) in [5.74, 6) is -0.0383. The van der Waals surface area contributed by atoms with Gasteiger partial charge < -0.3 is 25.0 Å². The maximum atomic E-state index is 13.0. The summed E-state index contributed by atoms with van der Waals surface area (Å²) in [6.45, 7) is 6.76. The van der Waals surface area contributed by atoms with Crippen LogP contribution in [-0.2, 0) is 4.79 Å². The van der Waals surface area contributed by atoms with Crippen molar-refractivity contribution in [3.8, 4) is 5.69 Å². The van der Waals surface area contributed by atoms with E-state index in [4.69, 9.17) is 12.2 Å². The van der Waals surface area contributed by atoms with Crippen molar-refractivity contribution in [1.82, 2.24) is 19.8 Å². The van der Waals surface area contributed by atoms with E-state index in [9.17, 15) is 4.79 Å². The van der Waals surface area contributed by atoms with Crippen LogP contribution in [0.1, 0.15) is 46.7 Å². The summed E-state index contributed by atoms with van der Waals surface area (Å²) in [6, 6.07) is 24.3. The number of hydrogen-bond donors (Lipinski definition) is 2. The minimum atomic E-state index is -0.141. The normalized spacial score (nSPS) is 16.6. The highest BCUT2D eigenvalue weighted by molar-refractivity contribution is 7.80. The molecular weight excluding hydrogens is 516 g/mol. The van der Waals surface area contributed by atoms with Crippen LogP contribution in [-0.4, -0.2) is 46.1 Å². The summed E-state index contributed by atoms with van der Waals surface area (Å²) >= 11 is 5.86. The fourth-order valence-corrected chi connectivity index (χ4v) is 5.85. The van der Waals surface area contributed by atoms with Crippen molar-refractivity contribution in [2.45, 2.75) is 39.3 Å².